The molecule has 1 saturated heterocycles. The first-order valence-electron chi connectivity index (χ1n) is 10.3. The summed E-state index contributed by atoms with van der Waals surface area (Å²) in [5.74, 6) is -0.772. The number of rotatable bonds is 6. The number of hydrogen-bond acceptors (Lipinski definition) is 5. The number of carbonyl (C=O) groups excluding carboxylic acids is 3. The van der Waals surface area contributed by atoms with Crippen molar-refractivity contribution < 1.29 is 23.9 Å². The molecule has 0 aromatic heterocycles. The van der Waals surface area contributed by atoms with E-state index in [1.165, 1.54) is 25.3 Å². The van der Waals surface area contributed by atoms with Crippen LogP contribution in [0.1, 0.15) is 11.1 Å². The zero-order valence-electron chi connectivity index (χ0n) is 18.5. The maximum atomic E-state index is 13.1. The molecule has 0 aliphatic carbocycles. The normalized spacial score (nSPS) is 14.8. The van der Waals surface area contributed by atoms with Gasteiger partial charge in [-0.15, -0.1) is 0 Å². The molecular formula is C25H16Cl3IN2O5. The summed E-state index contributed by atoms with van der Waals surface area (Å²) < 4.78 is 12.1. The molecule has 0 atom stereocenters. The van der Waals surface area contributed by atoms with Crippen molar-refractivity contribution in [1.29, 1.82) is 0 Å². The Labute approximate surface area is 235 Å². The van der Waals surface area contributed by atoms with E-state index in [2.05, 4.69) is 27.9 Å². The molecule has 11 heteroatoms. The quantitative estimate of drug-likeness (QED) is 0.186. The number of barbiturate groups is 1. The van der Waals surface area contributed by atoms with Crippen LogP contribution in [-0.4, -0.2) is 25.0 Å². The van der Waals surface area contributed by atoms with E-state index in [0.29, 0.717) is 41.3 Å². The van der Waals surface area contributed by atoms with E-state index in [9.17, 15) is 14.4 Å². The Morgan fingerprint density at radius 3 is 2.31 bits per heavy atom. The minimum atomic E-state index is -0.849. The fourth-order valence-electron chi connectivity index (χ4n) is 3.43. The molecule has 4 rings (SSSR count). The number of benzene rings is 3. The highest BCUT2D eigenvalue weighted by molar-refractivity contribution is 14.1. The van der Waals surface area contributed by atoms with Gasteiger partial charge in [0, 0.05) is 20.6 Å². The lowest BCUT2D eigenvalue weighted by atomic mass is 10.1. The second-order valence-electron chi connectivity index (χ2n) is 7.46. The number of carbonyl (C=O) groups is 3. The Morgan fingerprint density at radius 1 is 1.00 bits per heavy atom. The molecule has 4 amide bonds. The van der Waals surface area contributed by atoms with Crippen molar-refractivity contribution in [3.8, 4) is 11.5 Å². The maximum Gasteiger partial charge on any atom is 0.335 e. The highest BCUT2D eigenvalue weighted by Gasteiger charge is 2.36. The molecule has 0 saturated carbocycles. The highest BCUT2D eigenvalue weighted by Crippen LogP contribution is 2.36. The average molecular weight is 658 g/mol. The number of anilines is 1. The van der Waals surface area contributed by atoms with Gasteiger partial charge in [-0.25, -0.2) is 9.69 Å². The number of methoxy groups -OCH3 is 1. The van der Waals surface area contributed by atoms with Crippen LogP contribution in [0.25, 0.3) is 6.08 Å². The summed E-state index contributed by atoms with van der Waals surface area (Å²) in [6, 6.07) is 13.8. The molecule has 1 heterocycles. The molecule has 1 aliphatic rings. The van der Waals surface area contributed by atoms with E-state index in [4.69, 9.17) is 44.3 Å². The third-order valence-corrected chi connectivity index (χ3v) is 6.93. The predicted octanol–water partition coefficient (Wildman–Crippen LogP) is 6.51. The van der Waals surface area contributed by atoms with Crippen molar-refractivity contribution >= 4 is 87.0 Å². The van der Waals surface area contributed by atoms with Gasteiger partial charge >= 0.3 is 6.03 Å². The average Bonchev–Trinajstić information content (AvgIpc) is 2.83. The third kappa shape index (κ3) is 5.46. The van der Waals surface area contributed by atoms with Gasteiger partial charge in [0.15, 0.2) is 11.5 Å². The number of imide groups is 2. The lowest BCUT2D eigenvalue weighted by Crippen LogP contribution is -2.54. The summed E-state index contributed by atoms with van der Waals surface area (Å²) >= 11 is 20.4. The molecule has 36 heavy (non-hydrogen) atoms. The molecular weight excluding hydrogens is 642 g/mol. The van der Waals surface area contributed by atoms with Gasteiger partial charge in [0.2, 0.25) is 0 Å². The van der Waals surface area contributed by atoms with Crippen LogP contribution in [0.4, 0.5) is 10.5 Å². The van der Waals surface area contributed by atoms with E-state index in [1.807, 2.05) is 0 Å². The van der Waals surface area contributed by atoms with Crippen molar-refractivity contribution in [2.45, 2.75) is 6.61 Å². The smallest absolute Gasteiger partial charge is 0.335 e. The summed E-state index contributed by atoms with van der Waals surface area (Å²) in [5, 5.41) is 3.57. The molecule has 0 unspecified atom stereocenters. The van der Waals surface area contributed by atoms with E-state index < -0.39 is 17.8 Å². The van der Waals surface area contributed by atoms with Crippen LogP contribution in [0.3, 0.4) is 0 Å². The minimum Gasteiger partial charge on any atom is -0.493 e. The van der Waals surface area contributed by atoms with Crippen LogP contribution in [0.2, 0.25) is 15.1 Å². The van der Waals surface area contributed by atoms with E-state index in [0.717, 1.165) is 4.90 Å². The van der Waals surface area contributed by atoms with Crippen molar-refractivity contribution in [3.63, 3.8) is 0 Å². The van der Waals surface area contributed by atoms with Crippen molar-refractivity contribution in [1.82, 2.24) is 5.32 Å². The topological polar surface area (TPSA) is 84.9 Å². The molecule has 7 nitrogen and oxygen atoms in total. The van der Waals surface area contributed by atoms with E-state index in [1.54, 1.807) is 42.5 Å². The Bertz CT molecular complexity index is 1390. The minimum absolute atomic E-state index is 0.102. The molecule has 1 fully saturated rings. The summed E-state index contributed by atoms with van der Waals surface area (Å²) in [6.07, 6.45) is 1.38. The summed E-state index contributed by atoms with van der Waals surface area (Å²) in [5.41, 5.74) is 1.16. The zero-order chi connectivity index (χ0) is 26.0. The molecule has 0 radical (unpaired) electrons. The second-order valence-corrected chi connectivity index (χ2v) is 9.87. The van der Waals surface area contributed by atoms with Gasteiger partial charge in [-0.3, -0.25) is 14.9 Å². The number of amides is 4. The zero-order valence-corrected chi connectivity index (χ0v) is 22.9. The van der Waals surface area contributed by atoms with Crippen molar-refractivity contribution in [3.05, 3.63) is 89.9 Å². The van der Waals surface area contributed by atoms with Gasteiger partial charge in [0.1, 0.15) is 12.2 Å². The number of ether oxygens (including phenoxy) is 2. The molecule has 184 valence electrons. The standard InChI is InChI=1S/C25H16Cl3IN2O5/c1-35-21-11-13(10-20(29)22(21)36-12-17-18(27)3-2-4-19(17)28)9-16-23(32)30-25(34)31(24(16)33)15-7-5-14(26)6-8-15/h2-11H,12H2,1H3,(H,30,32,34)/b16-9+. The van der Waals surface area contributed by atoms with Gasteiger partial charge in [-0.2, -0.15) is 0 Å². The SMILES string of the molecule is COc1cc(/C=C2\C(=O)NC(=O)N(c3ccc(Cl)cc3)C2=O)cc(I)c1OCc1c(Cl)cccc1Cl. The van der Waals surface area contributed by atoms with Gasteiger partial charge in [0.05, 0.1) is 16.4 Å². The van der Waals surface area contributed by atoms with E-state index >= 15 is 0 Å². The van der Waals surface area contributed by atoms with Crippen LogP contribution >= 0.6 is 57.4 Å². The van der Waals surface area contributed by atoms with E-state index in [-0.39, 0.29) is 17.9 Å². The van der Waals surface area contributed by atoms with Gasteiger partial charge in [0.25, 0.3) is 11.8 Å². The monoisotopic (exact) mass is 656 g/mol. The summed E-state index contributed by atoms with van der Waals surface area (Å²) in [6.45, 7) is 0.102. The predicted molar refractivity (Wildman–Crippen MR) is 147 cm³/mol. The molecule has 1 N–H and O–H groups in total. The molecule has 1 aliphatic heterocycles. The van der Waals surface area contributed by atoms with Crippen LogP contribution in [0, 0.1) is 3.57 Å². The lowest BCUT2D eigenvalue weighted by Gasteiger charge is -2.26. The van der Waals surface area contributed by atoms with Crippen LogP contribution < -0.4 is 19.7 Å². The first kappa shape index (κ1) is 26.3. The molecule has 3 aromatic rings. The second kappa shape index (κ2) is 11.1. The fourth-order valence-corrected chi connectivity index (χ4v) is 4.84. The van der Waals surface area contributed by atoms with Crippen molar-refractivity contribution in [2.75, 3.05) is 12.0 Å². The van der Waals surface area contributed by atoms with Gasteiger partial charge in [-0.05, 0) is 82.8 Å². The Morgan fingerprint density at radius 2 is 1.67 bits per heavy atom. The van der Waals surface area contributed by atoms with Gasteiger partial charge < -0.3 is 9.47 Å². The Balaban J connectivity index is 1.65. The van der Waals surface area contributed by atoms with Crippen LogP contribution in [0.5, 0.6) is 11.5 Å². The fraction of sp³-hybridized carbons (Fsp3) is 0.0800. The van der Waals surface area contributed by atoms with Crippen LogP contribution in [-0.2, 0) is 16.2 Å². The summed E-state index contributed by atoms with van der Waals surface area (Å²) in [7, 11) is 1.47. The molecule has 3 aromatic carbocycles. The largest absolute Gasteiger partial charge is 0.493 e. The summed E-state index contributed by atoms with van der Waals surface area (Å²) in [4.78, 5) is 38.9. The highest BCUT2D eigenvalue weighted by atomic mass is 127. The first-order chi connectivity index (χ1) is 17.2. The van der Waals surface area contributed by atoms with Crippen molar-refractivity contribution in [2.24, 2.45) is 0 Å². The number of halogens is 4. The maximum absolute atomic E-state index is 13.1. The number of hydrogen-bond donors (Lipinski definition) is 1. The third-order valence-electron chi connectivity index (χ3n) is 5.17. The number of nitrogens with one attached hydrogen (secondary N) is 1. The van der Waals surface area contributed by atoms with Crippen LogP contribution in [0.15, 0.2) is 60.2 Å². The Kier molecular flexibility index (Phi) is 8.09. The first-order valence-corrected chi connectivity index (χ1v) is 12.5. The number of nitrogens with zero attached hydrogens (tertiary/aromatic N) is 1. The molecule has 0 bridgehead atoms. The van der Waals surface area contributed by atoms with Gasteiger partial charge in [-0.1, -0.05) is 40.9 Å². The molecule has 0 spiro atoms. The number of urea groups is 1. The Hall–Kier alpha value is -2.79. The lowest BCUT2D eigenvalue weighted by molar-refractivity contribution is -0.122.